The lowest BCUT2D eigenvalue weighted by Gasteiger charge is -2.18. The van der Waals surface area contributed by atoms with E-state index in [9.17, 15) is 0 Å². The quantitative estimate of drug-likeness (QED) is 0.820. The predicted octanol–water partition coefficient (Wildman–Crippen LogP) is 3.58. The number of hydrogen-bond donors (Lipinski definition) is 1. The van der Waals surface area contributed by atoms with Gasteiger partial charge in [0.2, 0.25) is 0 Å². The summed E-state index contributed by atoms with van der Waals surface area (Å²) in [6.07, 6.45) is 1.04. The van der Waals surface area contributed by atoms with Crippen molar-refractivity contribution in [3.8, 4) is 0 Å². The Labute approximate surface area is 103 Å². The summed E-state index contributed by atoms with van der Waals surface area (Å²) < 4.78 is 0. The molecule has 0 aliphatic carbocycles. The second-order valence-electron chi connectivity index (χ2n) is 4.21. The fourth-order valence-corrected chi connectivity index (χ4v) is 2.09. The lowest BCUT2D eigenvalue weighted by Crippen LogP contribution is -2.22. The van der Waals surface area contributed by atoms with Crippen molar-refractivity contribution < 1.29 is 0 Å². The van der Waals surface area contributed by atoms with Crippen molar-refractivity contribution in [2.24, 2.45) is 0 Å². The van der Waals surface area contributed by atoms with Crippen LogP contribution in [0.4, 0.5) is 0 Å². The topological polar surface area (TPSA) is 12.0 Å². The normalized spacial score (nSPS) is 12.3. The zero-order valence-corrected chi connectivity index (χ0v) is 10.3. The monoisotopic (exact) mass is 225 g/mol. The molecule has 0 aromatic heterocycles. The maximum atomic E-state index is 3.55. The molecule has 0 saturated heterocycles. The van der Waals surface area contributed by atoms with Gasteiger partial charge in [0.1, 0.15) is 0 Å². The van der Waals surface area contributed by atoms with Gasteiger partial charge >= 0.3 is 0 Å². The van der Waals surface area contributed by atoms with Crippen LogP contribution >= 0.6 is 0 Å². The Morgan fingerprint density at radius 3 is 2.06 bits per heavy atom. The minimum Gasteiger partial charge on any atom is -0.310 e. The van der Waals surface area contributed by atoms with Crippen molar-refractivity contribution in [2.45, 2.75) is 19.4 Å². The van der Waals surface area contributed by atoms with Crippen LogP contribution in [0.2, 0.25) is 0 Å². The van der Waals surface area contributed by atoms with E-state index in [1.54, 1.807) is 0 Å². The summed E-state index contributed by atoms with van der Waals surface area (Å²) in [4.78, 5) is 0. The molecule has 0 heterocycles. The summed E-state index contributed by atoms with van der Waals surface area (Å²) in [5.41, 5.74) is 2.74. The smallest absolute Gasteiger partial charge is 0.0360 e. The number of hydrogen-bond acceptors (Lipinski definition) is 1. The van der Waals surface area contributed by atoms with Crippen LogP contribution in [0.1, 0.15) is 24.1 Å². The Bertz CT molecular complexity index is 422. The largest absolute Gasteiger partial charge is 0.310 e. The van der Waals surface area contributed by atoms with E-state index in [4.69, 9.17) is 0 Å². The van der Waals surface area contributed by atoms with Crippen LogP contribution in [-0.4, -0.2) is 6.54 Å². The van der Waals surface area contributed by atoms with E-state index in [1.807, 2.05) is 0 Å². The first-order chi connectivity index (χ1) is 8.40. The minimum atomic E-state index is 0.406. The molecule has 0 aliphatic rings. The molecule has 1 N–H and O–H groups in total. The molecule has 0 saturated carbocycles. The molecule has 0 bridgehead atoms. The average Bonchev–Trinajstić information content (AvgIpc) is 2.40. The van der Waals surface area contributed by atoms with Crippen LogP contribution in [0.15, 0.2) is 60.7 Å². The third kappa shape index (κ3) is 3.43. The third-order valence-corrected chi connectivity index (χ3v) is 2.94. The van der Waals surface area contributed by atoms with Crippen LogP contribution < -0.4 is 5.32 Å². The summed E-state index contributed by atoms with van der Waals surface area (Å²) in [5.74, 6) is 0. The first kappa shape index (κ1) is 11.9. The highest BCUT2D eigenvalue weighted by Gasteiger charge is 2.09. The van der Waals surface area contributed by atoms with E-state index >= 15 is 0 Å². The SMILES string of the molecule is CCN[C@@H](Cc1ccccc1)c1ccccc1. The van der Waals surface area contributed by atoms with E-state index in [0.717, 1.165) is 13.0 Å². The van der Waals surface area contributed by atoms with Gasteiger partial charge in [-0.05, 0) is 24.1 Å². The molecule has 0 radical (unpaired) electrons. The van der Waals surface area contributed by atoms with Crippen LogP contribution in [0.25, 0.3) is 0 Å². The van der Waals surface area contributed by atoms with E-state index in [0.29, 0.717) is 6.04 Å². The number of nitrogens with one attached hydrogen (secondary N) is 1. The van der Waals surface area contributed by atoms with Gasteiger partial charge in [-0.1, -0.05) is 67.6 Å². The number of rotatable bonds is 5. The van der Waals surface area contributed by atoms with Crippen LogP contribution in [-0.2, 0) is 6.42 Å². The molecule has 1 nitrogen and oxygen atoms in total. The molecule has 17 heavy (non-hydrogen) atoms. The second kappa shape index (κ2) is 6.21. The van der Waals surface area contributed by atoms with Crippen LogP contribution in [0.3, 0.4) is 0 Å². The first-order valence-corrected chi connectivity index (χ1v) is 6.22. The molecule has 2 aromatic rings. The fourth-order valence-electron chi connectivity index (χ4n) is 2.09. The van der Waals surface area contributed by atoms with Gasteiger partial charge in [0.05, 0.1) is 0 Å². The lowest BCUT2D eigenvalue weighted by molar-refractivity contribution is 0.550. The van der Waals surface area contributed by atoms with E-state index < -0.39 is 0 Å². The van der Waals surface area contributed by atoms with Gasteiger partial charge < -0.3 is 5.32 Å². The highest BCUT2D eigenvalue weighted by molar-refractivity contribution is 5.23. The molecule has 0 aliphatic heterocycles. The van der Waals surface area contributed by atoms with Crippen molar-refractivity contribution in [3.05, 3.63) is 71.8 Å². The Morgan fingerprint density at radius 1 is 0.882 bits per heavy atom. The van der Waals surface area contributed by atoms with Gasteiger partial charge in [0.15, 0.2) is 0 Å². The molecular formula is C16H19N. The van der Waals surface area contributed by atoms with E-state index in [-0.39, 0.29) is 0 Å². The summed E-state index contributed by atoms with van der Waals surface area (Å²) in [6.45, 7) is 3.15. The Hall–Kier alpha value is -1.60. The molecule has 2 aromatic carbocycles. The van der Waals surface area contributed by atoms with Crippen molar-refractivity contribution in [3.63, 3.8) is 0 Å². The standard InChI is InChI=1S/C16H19N/c1-2-17-16(15-11-7-4-8-12-15)13-14-9-5-3-6-10-14/h3-12,16-17H,2,13H2,1H3/t16-/m0/s1. The fraction of sp³-hybridized carbons (Fsp3) is 0.250. The average molecular weight is 225 g/mol. The summed E-state index contributed by atoms with van der Waals surface area (Å²) >= 11 is 0. The van der Waals surface area contributed by atoms with Gasteiger partial charge in [0.25, 0.3) is 0 Å². The molecule has 0 spiro atoms. The number of benzene rings is 2. The summed E-state index contributed by atoms with van der Waals surface area (Å²) in [6, 6.07) is 21.7. The molecular weight excluding hydrogens is 206 g/mol. The summed E-state index contributed by atoms with van der Waals surface area (Å²) in [5, 5.41) is 3.55. The van der Waals surface area contributed by atoms with Gasteiger partial charge in [-0.3, -0.25) is 0 Å². The second-order valence-corrected chi connectivity index (χ2v) is 4.21. The van der Waals surface area contributed by atoms with Gasteiger partial charge in [0, 0.05) is 6.04 Å². The first-order valence-electron chi connectivity index (χ1n) is 6.22. The molecule has 1 atom stereocenters. The van der Waals surface area contributed by atoms with E-state index in [2.05, 4.69) is 72.9 Å². The van der Waals surface area contributed by atoms with Crippen molar-refractivity contribution in [1.82, 2.24) is 5.32 Å². The van der Waals surface area contributed by atoms with Crippen LogP contribution in [0, 0.1) is 0 Å². The molecule has 1 heteroatoms. The Balaban J connectivity index is 2.13. The molecule has 0 unspecified atom stereocenters. The molecule has 0 fully saturated rings. The Morgan fingerprint density at radius 2 is 1.47 bits per heavy atom. The zero-order valence-electron chi connectivity index (χ0n) is 10.3. The molecule has 2 rings (SSSR count). The molecule has 0 amide bonds. The molecule has 88 valence electrons. The maximum Gasteiger partial charge on any atom is 0.0360 e. The highest BCUT2D eigenvalue weighted by Crippen LogP contribution is 2.17. The number of likely N-dealkylation sites (N-methyl/N-ethyl adjacent to an activating group) is 1. The zero-order chi connectivity index (χ0) is 11.9. The maximum absolute atomic E-state index is 3.55. The van der Waals surface area contributed by atoms with Crippen molar-refractivity contribution in [1.29, 1.82) is 0 Å². The van der Waals surface area contributed by atoms with Gasteiger partial charge in [-0.2, -0.15) is 0 Å². The van der Waals surface area contributed by atoms with Crippen molar-refractivity contribution >= 4 is 0 Å². The summed E-state index contributed by atoms with van der Waals surface area (Å²) in [7, 11) is 0. The lowest BCUT2D eigenvalue weighted by atomic mass is 9.99. The minimum absolute atomic E-state index is 0.406. The highest BCUT2D eigenvalue weighted by atomic mass is 14.9. The van der Waals surface area contributed by atoms with Gasteiger partial charge in [-0.15, -0.1) is 0 Å². The van der Waals surface area contributed by atoms with E-state index in [1.165, 1.54) is 11.1 Å². The van der Waals surface area contributed by atoms with Gasteiger partial charge in [-0.25, -0.2) is 0 Å². The third-order valence-electron chi connectivity index (χ3n) is 2.94. The van der Waals surface area contributed by atoms with Crippen LogP contribution in [0.5, 0.6) is 0 Å². The Kier molecular flexibility index (Phi) is 4.34. The van der Waals surface area contributed by atoms with Crippen molar-refractivity contribution in [2.75, 3.05) is 6.54 Å². The predicted molar refractivity (Wildman–Crippen MR) is 73.0 cm³/mol.